The van der Waals surface area contributed by atoms with Crippen LogP contribution < -0.4 is 0 Å². The molecule has 1 saturated heterocycles. The van der Waals surface area contributed by atoms with Crippen molar-refractivity contribution in [2.45, 2.75) is 38.6 Å². The van der Waals surface area contributed by atoms with Crippen molar-refractivity contribution in [1.82, 2.24) is 4.90 Å². The van der Waals surface area contributed by atoms with Crippen molar-refractivity contribution in [3.8, 4) is 0 Å². The Morgan fingerprint density at radius 1 is 1.38 bits per heavy atom. The zero-order valence-electron chi connectivity index (χ0n) is 11.9. The number of carbonyl (C=O) groups is 3. The molecule has 0 spiro atoms. The molecule has 0 aromatic carbocycles. The van der Waals surface area contributed by atoms with Crippen molar-refractivity contribution in [3.63, 3.8) is 0 Å². The predicted octanol–water partition coefficient (Wildman–Crippen LogP) is 2.42. The highest BCUT2D eigenvalue weighted by Gasteiger charge is 2.35. The molecule has 0 radical (unpaired) electrons. The van der Waals surface area contributed by atoms with Gasteiger partial charge in [0.1, 0.15) is 0 Å². The highest BCUT2D eigenvalue weighted by Crippen LogP contribution is 2.25. The average Bonchev–Trinajstić information content (AvgIpc) is 2.98. The van der Waals surface area contributed by atoms with Crippen LogP contribution in [-0.2, 0) is 9.59 Å². The molecule has 2 heterocycles. The molecule has 2 atom stereocenters. The average molecular weight is 309 g/mol. The van der Waals surface area contributed by atoms with Crippen LogP contribution in [0.2, 0.25) is 0 Å². The van der Waals surface area contributed by atoms with Gasteiger partial charge in [0.2, 0.25) is 5.91 Å². The lowest BCUT2D eigenvalue weighted by molar-refractivity contribution is -0.149. The Morgan fingerprint density at radius 2 is 2.14 bits per heavy atom. The number of carbonyl (C=O) groups excluding carboxylic acids is 2. The lowest BCUT2D eigenvalue weighted by atomic mass is 9.90. The fourth-order valence-electron chi connectivity index (χ4n) is 2.75. The van der Waals surface area contributed by atoms with Gasteiger partial charge in [-0.3, -0.25) is 14.4 Å². The Morgan fingerprint density at radius 3 is 2.76 bits per heavy atom. The van der Waals surface area contributed by atoms with Gasteiger partial charge in [-0.05, 0) is 31.2 Å². The predicted molar refractivity (Wildman–Crippen MR) is 79.4 cm³/mol. The topological polar surface area (TPSA) is 74.7 Å². The van der Waals surface area contributed by atoms with Crippen LogP contribution in [0.1, 0.15) is 42.3 Å². The van der Waals surface area contributed by atoms with E-state index in [1.807, 2.05) is 11.4 Å². The molecular formula is C15H19NO4S. The molecule has 1 fully saturated rings. The van der Waals surface area contributed by atoms with Gasteiger partial charge < -0.3 is 10.0 Å². The Hall–Kier alpha value is -1.69. The minimum atomic E-state index is -0.852. The van der Waals surface area contributed by atoms with E-state index in [1.54, 1.807) is 17.9 Å². The van der Waals surface area contributed by atoms with Gasteiger partial charge in [-0.1, -0.05) is 6.07 Å². The van der Waals surface area contributed by atoms with E-state index in [0.717, 1.165) is 0 Å². The van der Waals surface area contributed by atoms with Crippen molar-refractivity contribution in [2.75, 3.05) is 6.54 Å². The number of likely N-dealkylation sites (tertiary alicyclic amines) is 1. The Bertz CT molecular complexity index is 526. The van der Waals surface area contributed by atoms with Gasteiger partial charge in [-0.15, -0.1) is 11.3 Å². The lowest BCUT2D eigenvalue weighted by Crippen LogP contribution is -2.49. The number of nitrogens with zero attached hydrogens (tertiary/aromatic N) is 1. The Labute approximate surface area is 127 Å². The van der Waals surface area contributed by atoms with Crippen molar-refractivity contribution in [3.05, 3.63) is 22.4 Å². The smallest absolute Gasteiger partial charge is 0.308 e. The molecule has 0 aliphatic carbocycles. The van der Waals surface area contributed by atoms with Crippen LogP contribution in [0.4, 0.5) is 0 Å². The van der Waals surface area contributed by atoms with Crippen molar-refractivity contribution < 1.29 is 19.5 Å². The number of piperidine rings is 1. The second-order valence-corrected chi connectivity index (χ2v) is 6.26. The molecule has 0 unspecified atom stereocenters. The van der Waals surface area contributed by atoms with Crippen LogP contribution in [0.3, 0.4) is 0 Å². The van der Waals surface area contributed by atoms with E-state index in [0.29, 0.717) is 24.3 Å². The number of hydrogen-bond donors (Lipinski definition) is 1. The molecule has 1 amide bonds. The molecular weight excluding hydrogens is 290 g/mol. The molecule has 1 aromatic rings. The van der Waals surface area contributed by atoms with Gasteiger partial charge in [0.25, 0.3) is 0 Å². The van der Waals surface area contributed by atoms with Crippen molar-refractivity contribution in [1.29, 1.82) is 0 Å². The van der Waals surface area contributed by atoms with Gasteiger partial charge in [0.05, 0.1) is 10.8 Å². The first-order valence-corrected chi connectivity index (χ1v) is 7.97. The first kappa shape index (κ1) is 15.7. The largest absolute Gasteiger partial charge is 0.481 e. The summed E-state index contributed by atoms with van der Waals surface area (Å²) >= 11 is 1.37. The monoisotopic (exact) mass is 309 g/mol. The molecule has 21 heavy (non-hydrogen) atoms. The summed E-state index contributed by atoms with van der Waals surface area (Å²) in [4.78, 5) is 37.6. The van der Waals surface area contributed by atoms with Crippen molar-refractivity contribution >= 4 is 29.0 Å². The number of carboxylic acid groups (broad SMARTS) is 1. The maximum atomic E-state index is 12.2. The minimum absolute atomic E-state index is 0.0298. The van der Waals surface area contributed by atoms with Crippen LogP contribution in [-0.4, -0.2) is 40.3 Å². The fourth-order valence-corrected chi connectivity index (χ4v) is 3.44. The molecule has 0 bridgehead atoms. The SMILES string of the molecule is C[C@@H]1[C@H](C(=O)O)CCCN1C(=O)CCC(=O)c1cccs1. The lowest BCUT2D eigenvalue weighted by Gasteiger charge is -2.37. The zero-order valence-corrected chi connectivity index (χ0v) is 12.8. The number of ketones is 1. The summed E-state index contributed by atoms with van der Waals surface area (Å²) in [6.07, 6.45) is 1.63. The molecule has 1 N–H and O–H groups in total. The third kappa shape index (κ3) is 3.69. The number of aliphatic carboxylic acids is 1. The van der Waals surface area contributed by atoms with Crippen LogP contribution in [0.15, 0.2) is 17.5 Å². The molecule has 1 aliphatic rings. The number of hydrogen-bond acceptors (Lipinski definition) is 4. The molecule has 1 aliphatic heterocycles. The summed E-state index contributed by atoms with van der Waals surface area (Å²) in [7, 11) is 0. The van der Waals surface area contributed by atoms with E-state index < -0.39 is 11.9 Å². The molecule has 2 rings (SSSR count). The quantitative estimate of drug-likeness (QED) is 0.848. The van der Waals surface area contributed by atoms with Crippen LogP contribution in [0, 0.1) is 5.92 Å². The second-order valence-electron chi connectivity index (χ2n) is 5.32. The van der Waals surface area contributed by atoms with E-state index in [1.165, 1.54) is 11.3 Å². The number of Topliss-reactive ketones (excluding diaryl/α,β-unsaturated/α-hetero) is 1. The highest BCUT2D eigenvalue weighted by atomic mass is 32.1. The van der Waals surface area contributed by atoms with E-state index in [9.17, 15) is 14.4 Å². The molecule has 1 aromatic heterocycles. The minimum Gasteiger partial charge on any atom is -0.481 e. The maximum Gasteiger partial charge on any atom is 0.308 e. The van der Waals surface area contributed by atoms with Gasteiger partial charge in [-0.25, -0.2) is 0 Å². The number of amides is 1. The Kier molecular flexibility index (Phi) is 5.12. The Balaban J connectivity index is 1.90. The summed E-state index contributed by atoms with van der Waals surface area (Å²) in [5, 5.41) is 11.0. The number of rotatable bonds is 5. The van der Waals surface area contributed by atoms with Gasteiger partial charge >= 0.3 is 5.97 Å². The summed E-state index contributed by atoms with van der Waals surface area (Å²) < 4.78 is 0. The van der Waals surface area contributed by atoms with Crippen LogP contribution in [0.25, 0.3) is 0 Å². The van der Waals surface area contributed by atoms with E-state index >= 15 is 0 Å². The third-order valence-electron chi connectivity index (χ3n) is 3.99. The molecule has 6 heteroatoms. The zero-order chi connectivity index (χ0) is 15.4. The van der Waals surface area contributed by atoms with Gasteiger partial charge in [0, 0.05) is 25.4 Å². The first-order chi connectivity index (χ1) is 10.0. The van der Waals surface area contributed by atoms with Gasteiger partial charge in [0.15, 0.2) is 5.78 Å². The third-order valence-corrected chi connectivity index (χ3v) is 4.90. The highest BCUT2D eigenvalue weighted by molar-refractivity contribution is 7.12. The van der Waals surface area contributed by atoms with Crippen LogP contribution in [0.5, 0.6) is 0 Å². The van der Waals surface area contributed by atoms with E-state index in [-0.39, 0.29) is 30.6 Å². The summed E-state index contributed by atoms with van der Waals surface area (Å²) in [5.74, 6) is -1.51. The maximum absolute atomic E-state index is 12.2. The normalized spacial score (nSPS) is 22.0. The molecule has 114 valence electrons. The van der Waals surface area contributed by atoms with Gasteiger partial charge in [-0.2, -0.15) is 0 Å². The standard InChI is InChI=1S/C15H19NO4S/c1-10-11(15(19)20)4-2-8-16(10)14(18)7-6-12(17)13-5-3-9-21-13/h3,5,9-11H,2,4,6-8H2,1H3,(H,19,20)/t10-,11-/m1/s1. The van der Waals surface area contributed by atoms with E-state index in [2.05, 4.69) is 0 Å². The summed E-state index contributed by atoms with van der Waals surface area (Å²) in [6.45, 7) is 2.36. The number of thiophene rings is 1. The van der Waals surface area contributed by atoms with Crippen molar-refractivity contribution in [2.24, 2.45) is 5.92 Å². The second kappa shape index (κ2) is 6.85. The summed E-state index contributed by atoms with van der Waals surface area (Å²) in [6, 6.07) is 3.26. The van der Waals surface area contributed by atoms with E-state index in [4.69, 9.17) is 5.11 Å². The summed E-state index contributed by atoms with van der Waals surface area (Å²) in [5.41, 5.74) is 0. The van der Waals surface area contributed by atoms with Crippen LogP contribution >= 0.6 is 11.3 Å². The molecule has 0 saturated carbocycles. The first-order valence-electron chi connectivity index (χ1n) is 7.09. The number of carboxylic acids is 1. The molecule has 5 nitrogen and oxygen atoms in total. The fraction of sp³-hybridized carbons (Fsp3) is 0.533.